The van der Waals surface area contributed by atoms with Gasteiger partial charge < -0.3 is 10.1 Å². The Hall–Kier alpha value is -2.24. The van der Waals surface area contributed by atoms with E-state index in [0.29, 0.717) is 23.9 Å². The van der Waals surface area contributed by atoms with Gasteiger partial charge in [0.25, 0.3) is 0 Å². The lowest BCUT2D eigenvalue weighted by molar-refractivity contribution is 0.312. The molecule has 0 amide bonds. The van der Waals surface area contributed by atoms with Gasteiger partial charge in [0, 0.05) is 12.1 Å². The van der Waals surface area contributed by atoms with E-state index in [2.05, 4.69) is 27.2 Å². The van der Waals surface area contributed by atoms with E-state index in [1.54, 1.807) is 6.07 Å². The second kappa shape index (κ2) is 6.97. The zero-order chi connectivity index (χ0) is 15.2. The SMILES string of the molecule is CCCNc1nc(OCC)nc(-c2cc(F)ccc2C)n1. The standard InChI is InChI=1S/C15H19FN4O/c1-4-8-17-14-18-13(19-15(20-14)21-5-2)12-9-11(16)7-6-10(12)3/h6-7,9H,4-5,8H2,1-3H3,(H,17,18,19,20). The fourth-order valence-electron chi connectivity index (χ4n) is 1.82. The van der Waals surface area contributed by atoms with E-state index in [9.17, 15) is 4.39 Å². The van der Waals surface area contributed by atoms with Crippen molar-refractivity contribution in [1.82, 2.24) is 15.0 Å². The summed E-state index contributed by atoms with van der Waals surface area (Å²) in [5, 5.41) is 3.10. The minimum absolute atomic E-state index is 0.241. The maximum Gasteiger partial charge on any atom is 0.321 e. The molecule has 0 saturated heterocycles. The van der Waals surface area contributed by atoms with Crippen molar-refractivity contribution in [3.8, 4) is 17.4 Å². The third-order valence-electron chi connectivity index (χ3n) is 2.86. The zero-order valence-electron chi connectivity index (χ0n) is 12.5. The van der Waals surface area contributed by atoms with Gasteiger partial charge >= 0.3 is 6.01 Å². The van der Waals surface area contributed by atoms with E-state index >= 15 is 0 Å². The van der Waals surface area contributed by atoms with E-state index in [1.165, 1.54) is 12.1 Å². The molecule has 0 atom stereocenters. The molecular weight excluding hydrogens is 271 g/mol. The zero-order valence-corrected chi connectivity index (χ0v) is 12.5. The average Bonchev–Trinajstić information content (AvgIpc) is 2.48. The first-order valence-electron chi connectivity index (χ1n) is 7.03. The Bertz CT molecular complexity index is 619. The van der Waals surface area contributed by atoms with Gasteiger partial charge in [0.05, 0.1) is 6.61 Å². The predicted octanol–water partition coefficient (Wildman–Crippen LogP) is 3.21. The Kier molecular flexibility index (Phi) is 5.03. The number of nitrogens with one attached hydrogen (secondary N) is 1. The van der Waals surface area contributed by atoms with Crippen molar-refractivity contribution < 1.29 is 9.13 Å². The first kappa shape index (κ1) is 15.2. The summed E-state index contributed by atoms with van der Waals surface area (Å²) in [6.07, 6.45) is 0.948. The van der Waals surface area contributed by atoms with E-state index in [1.807, 2.05) is 13.8 Å². The minimum atomic E-state index is -0.322. The van der Waals surface area contributed by atoms with Crippen LogP contribution >= 0.6 is 0 Å². The van der Waals surface area contributed by atoms with Crippen molar-refractivity contribution in [2.75, 3.05) is 18.5 Å². The molecule has 6 heteroatoms. The van der Waals surface area contributed by atoms with Crippen molar-refractivity contribution in [2.24, 2.45) is 0 Å². The van der Waals surface area contributed by atoms with Gasteiger partial charge in [0.15, 0.2) is 5.82 Å². The van der Waals surface area contributed by atoms with Crippen LogP contribution in [0.1, 0.15) is 25.8 Å². The van der Waals surface area contributed by atoms with Crippen LogP contribution in [-0.4, -0.2) is 28.1 Å². The van der Waals surface area contributed by atoms with Crippen molar-refractivity contribution in [3.05, 3.63) is 29.6 Å². The Morgan fingerprint density at radius 3 is 2.71 bits per heavy atom. The molecule has 1 N–H and O–H groups in total. The third-order valence-corrected chi connectivity index (χ3v) is 2.86. The number of aromatic nitrogens is 3. The predicted molar refractivity (Wildman–Crippen MR) is 79.9 cm³/mol. The highest BCUT2D eigenvalue weighted by Crippen LogP contribution is 2.23. The molecule has 0 spiro atoms. The van der Waals surface area contributed by atoms with Crippen LogP contribution in [0.4, 0.5) is 10.3 Å². The van der Waals surface area contributed by atoms with E-state index in [0.717, 1.165) is 18.5 Å². The number of rotatable bonds is 6. The quantitative estimate of drug-likeness (QED) is 0.885. The largest absolute Gasteiger partial charge is 0.464 e. The van der Waals surface area contributed by atoms with Gasteiger partial charge in [-0.25, -0.2) is 4.39 Å². The monoisotopic (exact) mass is 290 g/mol. The Balaban J connectivity index is 2.45. The van der Waals surface area contributed by atoms with Gasteiger partial charge in [-0.15, -0.1) is 0 Å². The lowest BCUT2D eigenvalue weighted by Crippen LogP contribution is -2.09. The Labute approximate surface area is 123 Å². The molecule has 2 aromatic rings. The topological polar surface area (TPSA) is 59.9 Å². The molecule has 0 bridgehead atoms. The second-order valence-electron chi connectivity index (χ2n) is 4.58. The summed E-state index contributed by atoms with van der Waals surface area (Å²) >= 11 is 0. The number of anilines is 1. The number of hydrogen-bond donors (Lipinski definition) is 1. The average molecular weight is 290 g/mol. The van der Waals surface area contributed by atoms with Crippen LogP contribution < -0.4 is 10.1 Å². The van der Waals surface area contributed by atoms with Crippen LogP contribution in [0.3, 0.4) is 0 Å². The fourth-order valence-corrected chi connectivity index (χ4v) is 1.82. The number of nitrogens with zero attached hydrogens (tertiary/aromatic N) is 3. The van der Waals surface area contributed by atoms with E-state index in [4.69, 9.17) is 4.74 Å². The van der Waals surface area contributed by atoms with Gasteiger partial charge in [-0.3, -0.25) is 0 Å². The molecule has 5 nitrogen and oxygen atoms in total. The number of benzene rings is 1. The van der Waals surface area contributed by atoms with Crippen molar-refractivity contribution in [2.45, 2.75) is 27.2 Å². The van der Waals surface area contributed by atoms with Crippen LogP contribution in [0.25, 0.3) is 11.4 Å². The maximum atomic E-state index is 13.5. The van der Waals surface area contributed by atoms with Gasteiger partial charge in [-0.05, 0) is 38.0 Å². The lowest BCUT2D eigenvalue weighted by atomic mass is 10.1. The summed E-state index contributed by atoms with van der Waals surface area (Å²) in [7, 11) is 0. The molecule has 1 aromatic carbocycles. The van der Waals surface area contributed by atoms with Crippen LogP contribution in [0.5, 0.6) is 6.01 Å². The van der Waals surface area contributed by atoms with Crippen LogP contribution in [0.2, 0.25) is 0 Å². The highest BCUT2D eigenvalue weighted by atomic mass is 19.1. The number of ether oxygens (including phenoxy) is 1. The number of hydrogen-bond acceptors (Lipinski definition) is 5. The second-order valence-corrected chi connectivity index (χ2v) is 4.58. The molecule has 0 saturated carbocycles. The molecule has 0 unspecified atom stereocenters. The van der Waals surface area contributed by atoms with Gasteiger partial charge in [0.1, 0.15) is 5.82 Å². The highest BCUT2D eigenvalue weighted by molar-refractivity contribution is 5.61. The third kappa shape index (κ3) is 3.87. The molecule has 0 aliphatic heterocycles. The van der Waals surface area contributed by atoms with E-state index < -0.39 is 0 Å². The maximum absolute atomic E-state index is 13.5. The summed E-state index contributed by atoms with van der Waals surface area (Å²) in [6.45, 7) is 7.00. The molecule has 21 heavy (non-hydrogen) atoms. The summed E-state index contributed by atoms with van der Waals surface area (Å²) in [4.78, 5) is 12.8. The molecule has 2 rings (SSSR count). The molecule has 0 aliphatic rings. The molecule has 0 aliphatic carbocycles. The summed E-state index contributed by atoms with van der Waals surface area (Å²) in [5.74, 6) is 0.523. The van der Waals surface area contributed by atoms with Crippen LogP contribution in [0.15, 0.2) is 18.2 Å². The molecule has 0 fully saturated rings. The molecule has 0 radical (unpaired) electrons. The Morgan fingerprint density at radius 2 is 2.00 bits per heavy atom. The molecule has 112 valence electrons. The smallest absolute Gasteiger partial charge is 0.321 e. The van der Waals surface area contributed by atoms with Crippen molar-refractivity contribution in [1.29, 1.82) is 0 Å². The lowest BCUT2D eigenvalue weighted by Gasteiger charge is -2.10. The first-order valence-corrected chi connectivity index (χ1v) is 7.03. The van der Waals surface area contributed by atoms with Gasteiger partial charge in [0.2, 0.25) is 5.95 Å². The number of aryl methyl sites for hydroxylation is 1. The highest BCUT2D eigenvalue weighted by Gasteiger charge is 2.12. The summed E-state index contributed by atoms with van der Waals surface area (Å²) < 4.78 is 18.8. The van der Waals surface area contributed by atoms with Gasteiger partial charge in [-0.2, -0.15) is 15.0 Å². The van der Waals surface area contributed by atoms with Crippen LogP contribution in [0, 0.1) is 12.7 Å². The summed E-state index contributed by atoms with van der Waals surface area (Å²) in [6, 6.07) is 4.78. The molecule has 1 heterocycles. The molecular formula is C15H19FN4O. The van der Waals surface area contributed by atoms with Crippen molar-refractivity contribution in [3.63, 3.8) is 0 Å². The first-order chi connectivity index (χ1) is 10.1. The van der Waals surface area contributed by atoms with Crippen molar-refractivity contribution >= 4 is 5.95 Å². The van der Waals surface area contributed by atoms with Crippen LogP contribution in [-0.2, 0) is 0 Å². The number of halogens is 1. The van der Waals surface area contributed by atoms with Gasteiger partial charge in [-0.1, -0.05) is 13.0 Å². The van der Waals surface area contributed by atoms with E-state index in [-0.39, 0.29) is 11.8 Å². The Morgan fingerprint density at radius 1 is 1.19 bits per heavy atom. The molecule has 1 aromatic heterocycles. The normalized spacial score (nSPS) is 10.5. The minimum Gasteiger partial charge on any atom is -0.464 e. The fraction of sp³-hybridized carbons (Fsp3) is 0.400. The summed E-state index contributed by atoms with van der Waals surface area (Å²) in [5.41, 5.74) is 1.53.